The first-order valence-electron chi connectivity index (χ1n) is 6.62. The zero-order valence-electron chi connectivity index (χ0n) is 11.7. The van der Waals surface area contributed by atoms with Crippen molar-refractivity contribution in [2.75, 3.05) is 13.1 Å². The molecule has 0 heterocycles. The molecule has 0 spiro atoms. The number of hydrogen-bond donors (Lipinski definition) is 4. The van der Waals surface area contributed by atoms with Crippen molar-refractivity contribution in [3.8, 4) is 0 Å². The molecule has 0 aliphatic carbocycles. The molecule has 6 N–H and O–H groups in total. The molecule has 0 aliphatic rings. The van der Waals surface area contributed by atoms with Crippen LogP contribution in [-0.2, 0) is 20.8 Å². The maximum atomic E-state index is 12.0. The predicted octanol–water partition coefficient (Wildman–Crippen LogP) is -1.34. The third-order valence-corrected chi connectivity index (χ3v) is 2.74. The molecular formula is C14H20N4O3. The first-order chi connectivity index (χ1) is 10.0. The van der Waals surface area contributed by atoms with Crippen molar-refractivity contribution < 1.29 is 14.4 Å². The van der Waals surface area contributed by atoms with Crippen LogP contribution in [0, 0.1) is 0 Å². The van der Waals surface area contributed by atoms with E-state index in [9.17, 15) is 14.4 Å². The predicted molar refractivity (Wildman–Crippen MR) is 78.0 cm³/mol. The molecule has 1 atom stereocenters. The Kier molecular flexibility index (Phi) is 6.90. The van der Waals surface area contributed by atoms with E-state index in [0.717, 1.165) is 5.56 Å². The third kappa shape index (κ3) is 6.53. The molecule has 114 valence electrons. The molecule has 0 aromatic heterocycles. The first-order valence-corrected chi connectivity index (χ1v) is 6.62. The van der Waals surface area contributed by atoms with Crippen LogP contribution >= 0.6 is 0 Å². The SMILES string of the molecule is NCCC(=O)N[C@@H](Cc1ccccc1)C(=O)NCC(N)=O. The summed E-state index contributed by atoms with van der Waals surface area (Å²) in [6, 6.07) is 8.47. The lowest BCUT2D eigenvalue weighted by atomic mass is 10.0. The van der Waals surface area contributed by atoms with Crippen molar-refractivity contribution in [1.82, 2.24) is 10.6 Å². The minimum absolute atomic E-state index is 0.133. The molecule has 7 nitrogen and oxygen atoms in total. The summed E-state index contributed by atoms with van der Waals surface area (Å²) in [5, 5.41) is 5.00. The molecule has 1 aromatic rings. The van der Waals surface area contributed by atoms with Crippen LogP contribution in [0.5, 0.6) is 0 Å². The molecule has 21 heavy (non-hydrogen) atoms. The highest BCUT2D eigenvalue weighted by Crippen LogP contribution is 2.03. The second-order valence-electron chi connectivity index (χ2n) is 4.53. The Balaban J connectivity index is 2.71. The quantitative estimate of drug-likeness (QED) is 0.473. The average Bonchev–Trinajstić information content (AvgIpc) is 2.45. The molecule has 0 unspecified atom stereocenters. The summed E-state index contributed by atoms with van der Waals surface area (Å²) in [6.07, 6.45) is 0.454. The van der Waals surface area contributed by atoms with Gasteiger partial charge in [-0.25, -0.2) is 0 Å². The van der Waals surface area contributed by atoms with Gasteiger partial charge in [0.05, 0.1) is 6.54 Å². The van der Waals surface area contributed by atoms with Crippen LogP contribution in [0.25, 0.3) is 0 Å². The third-order valence-electron chi connectivity index (χ3n) is 2.74. The van der Waals surface area contributed by atoms with Crippen LogP contribution in [0.3, 0.4) is 0 Å². The van der Waals surface area contributed by atoms with E-state index in [-0.39, 0.29) is 25.4 Å². The largest absolute Gasteiger partial charge is 0.368 e. The molecule has 3 amide bonds. The summed E-state index contributed by atoms with van der Waals surface area (Å²) in [6.45, 7) is -0.0658. The van der Waals surface area contributed by atoms with Gasteiger partial charge in [-0.05, 0) is 5.56 Å². The van der Waals surface area contributed by atoms with Crippen molar-refractivity contribution >= 4 is 17.7 Å². The van der Waals surface area contributed by atoms with Crippen LogP contribution in [0.4, 0.5) is 0 Å². The molecule has 0 bridgehead atoms. The Hall–Kier alpha value is -2.41. The molecule has 7 heteroatoms. The van der Waals surface area contributed by atoms with E-state index in [2.05, 4.69) is 10.6 Å². The lowest BCUT2D eigenvalue weighted by Gasteiger charge is -2.18. The minimum Gasteiger partial charge on any atom is -0.368 e. The Morgan fingerprint density at radius 2 is 1.81 bits per heavy atom. The molecule has 0 saturated carbocycles. The fourth-order valence-corrected chi connectivity index (χ4v) is 1.75. The Labute approximate surface area is 123 Å². The number of carbonyl (C=O) groups excluding carboxylic acids is 3. The maximum Gasteiger partial charge on any atom is 0.243 e. The summed E-state index contributed by atoms with van der Waals surface area (Å²) < 4.78 is 0. The average molecular weight is 292 g/mol. The van der Waals surface area contributed by atoms with Crippen LogP contribution in [0.2, 0.25) is 0 Å². The maximum absolute atomic E-state index is 12.0. The zero-order chi connectivity index (χ0) is 15.7. The summed E-state index contributed by atoms with van der Waals surface area (Å²) in [7, 11) is 0. The van der Waals surface area contributed by atoms with Gasteiger partial charge in [-0.3, -0.25) is 14.4 Å². The van der Waals surface area contributed by atoms with Gasteiger partial charge < -0.3 is 22.1 Å². The number of nitrogens with two attached hydrogens (primary N) is 2. The summed E-state index contributed by atoms with van der Waals surface area (Å²) >= 11 is 0. The van der Waals surface area contributed by atoms with E-state index in [0.29, 0.717) is 6.42 Å². The van der Waals surface area contributed by atoms with Crippen molar-refractivity contribution in [3.05, 3.63) is 35.9 Å². The monoisotopic (exact) mass is 292 g/mol. The lowest BCUT2D eigenvalue weighted by molar-refractivity contribution is -0.129. The van der Waals surface area contributed by atoms with Gasteiger partial charge in [0.1, 0.15) is 6.04 Å². The molecule has 0 radical (unpaired) electrons. The van der Waals surface area contributed by atoms with Gasteiger partial charge >= 0.3 is 0 Å². The Morgan fingerprint density at radius 1 is 1.14 bits per heavy atom. The molecule has 1 aromatic carbocycles. The minimum atomic E-state index is -0.772. The van der Waals surface area contributed by atoms with E-state index < -0.39 is 17.9 Å². The number of rotatable bonds is 8. The van der Waals surface area contributed by atoms with Gasteiger partial charge in [-0.2, -0.15) is 0 Å². The molecule has 0 saturated heterocycles. The number of hydrogen-bond acceptors (Lipinski definition) is 4. The van der Waals surface area contributed by atoms with Crippen molar-refractivity contribution in [2.24, 2.45) is 11.5 Å². The molecular weight excluding hydrogens is 272 g/mol. The van der Waals surface area contributed by atoms with Crippen LogP contribution in [-0.4, -0.2) is 36.9 Å². The molecule has 0 fully saturated rings. The summed E-state index contributed by atoms with van der Waals surface area (Å²) in [4.78, 5) is 34.4. The van der Waals surface area contributed by atoms with E-state index >= 15 is 0 Å². The van der Waals surface area contributed by atoms with E-state index in [1.165, 1.54) is 0 Å². The van der Waals surface area contributed by atoms with E-state index in [1.807, 2.05) is 30.3 Å². The summed E-state index contributed by atoms with van der Waals surface area (Å²) in [5.41, 5.74) is 11.2. The number of amides is 3. The van der Waals surface area contributed by atoms with Crippen molar-refractivity contribution in [1.29, 1.82) is 0 Å². The van der Waals surface area contributed by atoms with Gasteiger partial charge in [0.2, 0.25) is 17.7 Å². The summed E-state index contributed by atoms with van der Waals surface area (Å²) in [5.74, 6) is -1.41. The lowest BCUT2D eigenvalue weighted by Crippen LogP contribution is -2.49. The fourth-order valence-electron chi connectivity index (χ4n) is 1.75. The highest BCUT2D eigenvalue weighted by atomic mass is 16.2. The number of carbonyl (C=O) groups is 3. The standard InChI is InChI=1S/C14H20N4O3/c15-7-6-13(20)18-11(14(21)17-9-12(16)19)8-10-4-2-1-3-5-10/h1-5,11H,6-9,15H2,(H2,16,19)(H,17,21)(H,18,20)/t11-/m0/s1. The van der Waals surface area contributed by atoms with Crippen molar-refractivity contribution in [2.45, 2.75) is 18.9 Å². The highest BCUT2D eigenvalue weighted by Gasteiger charge is 2.21. The van der Waals surface area contributed by atoms with Crippen LogP contribution in [0.1, 0.15) is 12.0 Å². The normalized spacial score (nSPS) is 11.5. The number of benzene rings is 1. The van der Waals surface area contributed by atoms with Gasteiger partial charge in [-0.1, -0.05) is 30.3 Å². The van der Waals surface area contributed by atoms with Crippen molar-refractivity contribution in [3.63, 3.8) is 0 Å². The van der Waals surface area contributed by atoms with Gasteiger partial charge in [0, 0.05) is 19.4 Å². The Bertz CT molecular complexity index is 490. The van der Waals surface area contributed by atoms with E-state index in [1.54, 1.807) is 0 Å². The second-order valence-corrected chi connectivity index (χ2v) is 4.53. The number of primary amides is 1. The first kappa shape index (κ1) is 16.6. The fraction of sp³-hybridized carbons (Fsp3) is 0.357. The molecule has 1 rings (SSSR count). The highest BCUT2D eigenvalue weighted by molar-refractivity contribution is 5.90. The van der Waals surface area contributed by atoms with Crippen LogP contribution < -0.4 is 22.1 Å². The second kappa shape index (κ2) is 8.70. The number of nitrogens with one attached hydrogen (secondary N) is 2. The van der Waals surface area contributed by atoms with Gasteiger partial charge in [0.25, 0.3) is 0 Å². The van der Waals surface area contributed by atoms with Gasteiger partial charge in [-0.15, -0.1) is 0 Å². The topological polar surface area (TPSA) is 127 Å². The van der Waals surface area contributed by atoms with E-state index in [4.69, 9.17) is 11.5 Å². The zero-order valence-corrected chi connectivity index (χ0v) is 11.7. The van der Waals surface area contributed by atoms with Crippen LogP contribution in [0.15, 0.2) is 30.3 Å². The smallest absolute Gasteiger partial charge is 0.243 e. The Morgan fingerprint density at radius 3 is 2.38 bits per heavy atom. The molecule has 0 aliphatic heterocycles. The van der Waals surface area contributed by atoms with Gasteiger partial charge in [0.15, 0.2) is 0 Å².